The molecule has 0 heterocycles. The Morgan fingerprint density at radius 2 is 1.62 bits per heavy atom. The number of benzene rings is 3. The van der Waals surface area contributed by atoms with Gasteiger partial charge in [-0.05, 0) is 29.5 Å². The first-order valence-electron chi connectivity index (χ1n) is 8.87. The van der Waals surface area contributed by atoms with Gasteiger partial charge < -0.3 is 15.4 Å². The second-order valence-electron chi connectivity index (χ2n) is 6.63. The fraction of sp³-hybridized carbons (Fsp3) is 0.227. The third-order valence-electron chi connectivity index (χ3n) is 3.96. The Morgan fingerprint density at radius 3 is 2.46 bits per heavy atom. The molecule has 0 fully saturated rings. The van der Waals surface area contributed by atoms with Gasteiger partial charge in [0.1, 0.15) is 5.75 Å². The number of ether oxygens (including phenoxy) is 1. The molecule has 2 N–H and O–H groups in total. The van der Waals surface area contributed by atoms with Gasteiger partial charge in [-0.3, -0.25) is 4.79 Å². The van der Waals surface area contributed by atoms with Crippen LogP contribution in [0.3, 0.4) is 0 Å². The maximum absolute atomic E-state index is 12.4. The number of hydrogen-bond acceptors (Lipinski definition) is 3. The molecule has 1 amide bonds. The Hall–Kier alpha value is -3.01. The lowest BCUT2D eigenvalue weighted by Gasteiger charge is -2.14. The lowest BCUT2D eigenvalue weighted by atomic mass is 10.1. The van der Waals surface area contributed by atoms with E-state index in [-0.39, 0.29) is 12.5 Å². The van der Waals surface area contributed by atoms with Crippen molar-refractivity contribution in [3.05, 3.63) is 66.7 Å². The fourth-order valence-corrected chi connectivity index (χ4v) is 2.70. The lowest BCUT2D eigenvalue weighted by molar-refractivity contribution is -0.114. The summed E-state index contributed by atoms with van der Waals surface area (Å²) in [5.74, 6) is 1.00. The highest BCUT2D eigenvalue weighted by Crippen LogP contribution is 2.25. The molecule has 0 aromatic heterocycles. The molecule has 0 atom stereocenters. The SMILES string of the molecule is CC(C)COc1ccccc1NC(=O)CNc1cccc2ccccc12. The summed E-state index contributed by atoms with van der Waals surface area (Å²) in [4.78, 5) is 12.4. The molecule has 3 rings (SSSR count). The highest BCUT2D eigenvalue weighted by molar-refractivity contribution is 5.98. The van der Waals surface area contributed by atoms with Crippen molar-refractivity contribution in [1.29, 1.82) is 0 Å². The predicted octanol–water partition coefficient (Wildman–Crippen LogP) is 4.93. The van der Waals surface area contributed by atoms with Crippen LogP contribution in [-0.2, 0) is 4.79 Å². The minimum absolute atomic E-state index is 0.112. The molecule has 0 aliphatic heterocycles. The molecule has 3 aromatic rings. The van der Waals surface area contributed by atoms with Crippen LogP contribution in [0.25, 0.3) is 10.8 Å². The normalized spacial score (nSPS) is 10.7. The zero-order valence-corrected chi connectivity index (χ0v) is 15.2. The molecular weight excluding hydrogens is 324 g/mol. The summed E-state index contributed by atoms with van der Waals surface area (Å²) in [5.41, 5.74) is 1.64. The standard InChI is InChI=1S/C22H24N2O2/c1-16(2)15-26-21-13-6-5-11-20(21)24-22(25)14-23-19-12-7-9-17-8-3-4-10-18(17)19/h3-13,16,23H,14-15H2,1-2H3,(H,24,25). The number of carbonyl (C=O) groups is 1. The molecule has 0 spiro atoms. The van der Waals surface area contributed by atoms with Crippen molar-refractivity contribution in [2.24, 2.45) is 5.92 Å². The van der Waals surface area contributed by atoms with Crippen molar-refractivity contribution >= 4 is 28.1 Å². The monoisotopic (exact) mass is 348 g/mol. The number of rotatable bonds is 7. The van der Waals surface area contributed by atoms with Crippen LogP contribution in [0.15, 0.2) is 66.7 Å². The van der Waals surface area contributed by atoms with Crippen LogP contribution in [-0.4, -0.2) is 19.1 Å². The van der Waals surface area contributed by atoms with Crippen molar-refractivity contribution < 1.29 is 9.53 Å². The summed E-state index contributed by atoms with van der Waals surface area (Å²) in [6, 6.07) is 21.6. The summed E-state index contributed by atoms with van der Waals surface area (Å²) in [7, 11) is 0. The van der Waals surface area contributed by atoms with Crippen molar-refractivity contribution in [3.63, 3.8) is 0 Å². The predicted molar refractivity (Wildman–Crippen MR) is 108 cm³/mol. The third-order valence-corrected chi connectivity index (χ3v) is 3.96. The van der Waals surface area contributed by atoms with Gasteiger partial charge in [0.2, 0.25) is 5.91 Å². The average Bonchev–Trinajstić information content (AvgIpc) is 2.65. The van der Waals surface area contributed by atoms with E-state index in [0.717, 1.165) is 16.5 Å². The molecule has 0 saturated heterocycles. The van der Waals surface area contributed by atoms with E-state index in [1.165, 1.54) is 0 Å². The molecular formula is C22H24N2O2. The fourth-order valence-electron chi connectivity index (χ4n) is 2.70. The van der Waals surface area contributed by atoms with Gasteiger partial charge in [-0.15, -0.1) is 0 Å². The van der Waals surface area contributed by atoms with Crippen LogP contribution in [0, 0.1) is 5.92 Å². The number of fused-ring (bicyclic) bond motifs is 1. The van der Waals surface area contributed by atoms with Crippen LogP contribution in [0.5, 0.6) is 5.75 Å². The highest BCUT2D eigenvalue weighted by Gasteiger charge is 2.09. The number of nitrogens with one attached hydrogen (secondary N) is 2. The Morgan fingerprint density at radius 1 is 0.923 bits per heavy atom. The highest BCUT2D eigenvalue weighted by atomic mass is 16.5. The Kier molecular flexibility index (Phi) is 5.74. The number of para-hydroxylation sites is 2. The van der Waals surface area contributed by atoms with E-state index in [1.807, 2.05) is 54.6 Å². The molecule has 3 aromatic carbocycles. The molecule has 0 bridgehead atoms. The van der Waals surface area contributed by atoms with Gasteiger partial charge in [-0.1, -0.05) is 62.4 Å². The van der Waals surface area contributed by atoms with Crippen molar-refractivity contribution in [2.75, 3.05) is 23.8 Å². The molecule has 0 radical (unpaired) electrons. The number of carbonyl (C=O) groups excluding carboxylic acids is 1. The summed E-state index contributed by atoms with van der Waals surface area (Å²) >= 11 is 0. The quantitative estimate of drug-likeness (QED) is 0.637. The van der Waals surface area contributed by atoms with Crippen LogP contribution in [0.2, 0.25) is 0 Å². The van der Waals surface area contributed by atoms with E-state index in [0.29, 0.717) is 24.0 Å². The zero-order valence-electron chi connectivity index (χ0n) is 15.2. The minimum Gasteiger partial charge on any atom is -0.491 e. The van der Waals surface area contributed by atoms with Gasteiger partial charge in [0.15, 0.2) is 0 Å². The second kappa shape index (κ2) is 8.39. The van der Waals surface area contributed by atoms with Crippen LogP contribution in [0.1, 0.15) is 13.8 Å². The second-order valence-corrected chi connectivity index (χ2v) is 6.63. The first kappa shape index (κ1) is 17.8. The Labute approximate surface area is 154 Å². The molecule has 0 saturated carbocycles. The largest absolute Gasteiger partial charge is 0.491 e. The van der Waals surface area contributed by atoms with E-state index < -0.39 is 0 Å². The summed E-state index contributed by atoms with van der Waals surface area (Å²) < 4.78 is 5.78. The van der Waals surface area contributed by atoms with E-state index in [4.69, 9.17) is 4.74 Å². The number of amides is 1. The van der Waals surface area contributed by atoms with Crippen molar-refractivity contribution in [3.8, 4) is 5.75 Å². The van der Waals surface area contributed by atoms with Crippen molar-refractivity contribution in [2.45, 2.75) is 13.8 Å². The summed E-state index contributed by atoms with van der Waals surface area (Å²) in [6.07, 6.45) is 0. The van der Waals surface area contributed by atoms with Crippen LogP contribution >= 0.6 is 0 Å². The number of hydrogen-bond donors (Lipinski definition) is 2. The average molecular weight is 348 g/mol. The van der Waals surface area contributed by atoms with E-state index in [9.17, 15) is 4.79 Å². The Balaban J connectivity index is 1.64. The smallest absolute Gasteiger partial charge is 0.243 e. The van der Waals surface area contributed by atoms with Gasteiger partial charge in [0, 0.05) is 11.1 Å². The van der Waals surface area contributed by atoms with Crippen LogP contribution < -0.4 is 15.4 Å². The van der Waals surface area contributed by atoms with Gasteiger partial charge in [-0.25, -0.2) is 0 Å². The van der Waals surface area contributed by atoms with Crippen LogP contribution in [0.4, 0.5) is 11.4 Å². The molecule has 0 unspecified atom stereocenters. The van der Waals surface area contributed by atoms with E-state index in [1.54, 1.807) is 0 Å². The maximum atomic E-state index is 12.4. The van der Waals surface area contributed by atoms with Gasteiger partial charge in [0.25, 0.3) is 0 Å². The molecule has 4 nitrogen and oxygen atoms in total. The Bertz CT molecular complexity index is 885. The first-order chi connectivity index (χ1) is 12.6. The lowest BCUT2D eigenvalue weighted by Crippen LogP contribution is -2.22. The molecule has 4 heteroatoms. The molecule has 0 aliphatic rings. The minimum atomic E-state index is -0.112. The molecule has 0 aliphatic carbocycles. The maximum Gasteiger partial charge on any atom is 0.243 e. The topological polar surface area (TPSA) is 50.4 Å². The third kappa shape index (κ3) is 4.54. The van der Waals surface area contributed by atoms with Gasteiger partial charge >= 0.3 is 0 Å². The van der Waals surface area contributed by atoms with E-state index in [2.05, 4.69) is 36.6 Å². The molecule has 134 valence electrons. The summed E-state index contributed by atoms with van der Waals surface area (Å²) in [6.45, 7) is 4.98. The van der Waals surface area contributed by atoms with Gasteiger partial charge in [-0.2, -0.15) is 0 Å². The van der Waals surface area contributed by atoms with Crippen molar-refractivity contribution in [1.82, 2.24) is 0 Å². The molecule has 26 heavy (non-hydrogen) atoms. The number of anilines is 2. The zero-order chi connectivity index (χ0) is 18.4. The summed E-state index contributed by atoms with van der Waals surface area (Å²) in [5, 5.41) is 8.39. The van der Waals surface area contributed by atoms with Gasteiger partial charge in [0.05, 0.1) is 18.8 Å². The first-order valence-corrected chi connectivity index (χ1v) is 8.87. The van der Waals surface area contributed by atoms with E-state index >= 15 is 0 Å².